The van der Waals surface area contributed by atoms with Crippen LogP contribution in [0.15, 0.2) is 21.8 Å². The molecule has 1 aromatic rings. The predicted octanol–water partition coefficient (Wildman–Crippen LogP) is 2.54. The molecule has 0 bridgehead atoms. The van der Waals surface area contributed by atoms with Crippen molar-refractivity contribution in [2.24, 2.45) is 5.16 Å². The zero-order chi connectivity index (χ0) is 9.14. The molecule has 1 N–H and O–H groups in total. The van der Waals surface area contributed by atoms with E-state index in [1.54, 1.807) is 0 Å². The van der Waals surface area contributed by atoms with Gasteiger partial charge in [-0.1, -0.05) is 5.16 Å². The molecular weight excluding hydrogens is 232 g/mol. The SMILES string of the molecule is O/N=C/c1ccc(Br)c(F)c1F. The van der Waals surface area contributed by atoms with Gasteiger partial charge in [0.2, 0.25) is 0 Å². The Bertz CT molecular complexity index is 327. The van der Waals surface area contributed by atoms with Crippen molar-refractivity contribution >= 4 is 22.1 Å². The van der Waals surface area contributed by atoms with Crippen molar-refractivity contribution in [2.45, 2.75) is 0 Å². The molecule has 0 saturated heterocycles. The van der Waals surface area contributed by atoms with Crippen molar-refractivity contribution in [3.8, 4) is 0 Å². The molecule has 0 aliphatic heterocycles. The van der Waals surface area contributed by atoms with E-state index in [0.29, 0.717) is 0 Å². The number of hydrogen-bond donors (Lipinski definition) is 1. The molecule has 64 valence electrons. The highest BCUT2D eigenvalue weighted by molar-refractivity contribution is 9.10. The highest BCUT2D eigenvalue weighted by Crippen LogP contribution is 2.19. The van der Waals surface area contributed by atoms with E-state index in [9.17, 15) is 8.78 Å². The van der Waals surface area contributed by atoms with Gasteiger partial charge in [-0.15, -0.1) is 0 Å². The fourth-order valence-electron chi connectivity index (χ4n) is 0.703. The standard InChI is InChI=1S/C7H4BrF2NO/c8-5-2-1-4(3-11-12)6(9)7(5)10/h1-3,12H/b11-3+. The van der Waals surface area contributed by atoms with Crippen molar-refractivity contribution in [3.05, 3.63) is 33.8 Å². The smallest absolute Gasteiger partial charge is 0.173 e. The molecular formula is C7H4BrF2NO. The van der Waals surface area contributed by atoms with Crippen LogP contribution in [0.3, 0.4) is 0 Å². The highest BCUT2D eigenvalue weighted by atomic mass is 79.9. The molecule has 12 heavy (non-hydrogen) atoms. The number of hydrogen-bond acceptors (Lipinski definition) is 2. The second kappa shape index (κ2) is 3.62. The third-order valence-corrected chi connectivity index (χ3v) is 1.87. The first-order valence-corrected chi connectivity index (χ1v) is 3.77. The fourth-order valence-corrected chi connectivity index (χ4v) is 1.01. The molecule has 0 heterocycles. The van der Waals surface area contributed by atoms with Crippen molar-refractivity contribution in [2.75, 3.05) is 0 Å². The largest absolute Gasteiger partial charge is 0.411 e. The Morgan fingerprint density at radius 3 is 2.58 bits per heavy atom. The number of halogens is 3. The van der Waals surface area contributed by atoms with Gasteiger partial charge in [0.25, 0.3) is 0 Å². The molecule has 0 spiro atoms. The Balaban J connectivity index is 3.26. The predicted molar refractivity (Wildman–Crippen MR) is 43.4 cm³/mol. The lowest BCUT2D eigenvalue weighted by atomic mass is 10.2. The van der Waals surface area contributed by atoms with Gasteiger partial charge in [0.15, 0.2) is 11.6 Å². The Kier molecular flexibility index (Phi) is 2.75. The maximum absolute atomic E-state index is 12.8. The zero-order valence-electron chi connectivity index (χ0n) is 5.76. The summed E-state index contributed by atoms with van der Waals surface area (Å²) < 4.78 is 25.6. The summed E-state index contributed by atoms with van der Waals surface area (Å²) in [6, 6.07) is 2.62. The highest BCUT2D eigenvalue weighted by Gasteiger charge is 2.09. The first kappa shape index (κ1) is 9.12. The molecule has 5 heteroatoms. The summed E-state index contributed by atoms with van der Waals surface area (Å²) >= 11 is 2.81. The summed E-state index contributed by atoms with van der Waals surface area (Å²) in [6.45, 7) is 0. The van der Waals surface area contributed by atoms with Crippen LogP contribution in [0, 0.1) is 11.6 Å². The van der Waals surface area contributed by atoms with E-state index in [0.717, 1.165) is 6.21 Å². The lowest BCUT2D eigenvalue weighted by Crippen LogP contribution is -1.93. The number of oxime groups is 1. The maximum Gasteiger partial charge on any atom is 0.173 e. The van der Waals surface area contributed by atoms with E-state index >= 15 is 0 Å². The second-order valence-corrected chi connectivity index (χ2v) is 2.86. The van der Waals surface area contributed by atoms with Crippen molar-refractivity contribution in [1.82, 2.24) is 0 Å². The van der Waals surface area contributed by atoms with Crippen LogP contribution in [0.25, 0.3) is 0 Å². The molecule has 0 saturated carbocycles. The Morgan fingerprint density at radius 2 is 2.00 bits per heavy atom. The Hall–Kier alpha value is -0.970. The van der Waals surface area contributed by atoms with E-state index < -0.39 is 11.6 Å². The topological polar surface area (TPSA) is 32.6 Å². The third-order valence-electron chi connectivity index (χ3n) is 1.26. The molecule has 1 aromatic carbocycles. The summed E-state index contributed by atoms with van der Waals surface area (Å²) in [5, 5.41) is 10.7. The van der Waals surface area contributed by atoms with Crippen LogP contribution in [0.4, 0.5) is 8.78 Å². The van der Waals surface area contributed by atoms with Gasteiger partial charge in [-0.25, -0.2) is 8.78 Å². The van der Waals surface area contributed by atoms with E-state index in [1.807, 2.05) is 0 Å². The van der Waals surface area contributed by atoms with E-state index in [-0.39, 0.29) is 10.0 Å². The summed E-state index contributed by atoms with van der Waals surface area (Å²) in [4.78, 5) is 0. The molecule has 2 nitrogen and oxygen atoms in total. The van der Waals surface area contributed by atoms with E-state index in [2.05, 4.69) is 21.1 Å². The van der Waals surface area contributed by atoms with Crippen LogP contribution in [-0.2, 0) is 0 Å². The van der Waals surface area contributed by atoms with Crippen LogP contribution in [-0.4, -0.2) is 11.4 Å². The van der Waals surface area contributed by atoms with Gasteiger partial charge in [-0.3, -0.25) is 0 Å². The van der Waals surface area contributed by atoms with Gasteiger partial charge in [0.05, 0.1) is 10.7 Å². The van der Waals surface area contributed by atoms with Crippen molar-refractivity contribution in [3.63, 3.8) is 0 Å². The average molecular weight is 236 g/mol. The van der Waals surface area contributed by atoms with Gasteiger partial charge in [0, 0.05) is 5.56 Å². The molecule has 0 atom stereocenters. The second-order valence-electron chi connectivity index (χ2n) is 2.01. The summed E-state index contributed by atoms with van der Waals surface area (Å²) in [5.74, 6) is -2.03. The van der Waals surface area contributed by atoms with Gasteiger partial charge >= 0.3 is 0 Å². The minimum Gasteiger partial charge on any atom is -0.411 e. The van der Waals surface area contributed by atoms with Gasteiger partial charge in [0.1, 0.15) is 0 Å². The summed E-state index contributed by atoms with van der Waals surface area (Å²) in [6.07, 6.45) is 0.824. The summed E-state index contributed by atoms with van der Waals surface area (Å²) in [5.41, 5.74) is -0.0989. The maximum atomic E-state index is 12.8. The fraction of sp³-hybridized carbons (Fsp3) is 0. The Morgan fingerprint density at radius 1 is 1.33 bits per heavy atom. The van der Waals surface area contributed by atoms with Crippen LogP contribution in [0.1, 0.15) is 5.56 Å². The van der Waals surface area contributed by atoms with Gasteiger partial charge in [-0.05, 0) is 28.1 Å². The average Bonchev–Trinajstić information content (AvgIpc) is 2.07. The normalized spacial score (nSPS) is 10.9. The van der Waals surface area contributed by atoms with Gasteiger partial charge < -0.3 is 5.21 Å². The van der Waals surface area contributed by atoms with Crippen molar-refractivity contribution in [1.29, 1.82) is 0 Å². The van der Waals surface area contributed by atoms with Crippen LogP contribution in [0.2, 0.25) is 0 Å². The van der Waals surface area contributed by atoms with E-state index in [1.165, 1.54) is 12.1 Å². The Labute approximate surface area is 75.6 Å². The lowest BCUT2D eigenvalue weighted by molar-refractivity contribution is 0.321. The minimum atomic E-state index is -1.04. The number of benzene rings is 1. The van der Waals surface area contributed by atoms with Crippen LogP contribution < -0.4 is 0 Å². The molecule has 0 amide bonds. The first-order chi connectivity index (χ1) is 5.66. The molecule has 0 aromatic heterocycles. The minimum absolute atomic E-state index is 0.0371. The van der Waals surface area contributed by atoms with Gasteiger partial charge in [-0.2, -0.15) is 0 Å². The monoisotopic (exact) mass is 235 g/mol. The molecule has 0 fully saturated rings. The quantitative estimate of drug-likeness (QED) is 0.345. The number of rotatable bonds is 1. The first-order valence-electron chi connectivity index (χ1n) is 2.97. The third kappa shape index (κ3) is 1.61. The molecule has 0 unspecified atom stereocenters. The lowest BCUT2D eigenvalue weighted by Gasteiger charge is -1.98. The number of nitrogens with zero attached hydrogens (tertiary/aromatic N) is 1. The molecule has 0 aliphatic carbocycles. The summed E-state index contributed by atoms with van der Waals surface area (Å²) in [7, 11) is 0. The van der Waals surface area contributed by atoms with E-state index in [4.69, 9.17) is 5.21 Å². The zero-order valence-corrected chi connectivity index (χ0v) is 7.35. The molecule has 1 rings (SSSR count). The molecule has 0 aliphatic rings. The van der Waals surface area contributed by atoms with Crippen molar-refractivity contribution < 1.29 is 14.0 Å². The molecule has 0 radical (unpaired) electrons. The van der Waals surface area contributed by atoms with Crippen LogP contribution >= 0.6 is 15.9 Å². The van der Waals surface area contributed by atoms with Crippen LogP contribution in [0.5, 0.6) is 0 Å².